The van der Waals surface area contributed by atoms with E-state index in [1.165, 1.54) is 18.2 Å². The number of Topliss-reactive ketones (excluding diaryl/α,β-unsaturated/α-hetero) is 1. The Balaban J connectivity index is 1.74. The van der Waals surface area contributed by atoms with Gasteiger partial charge in [0.1, 0.15) is 12.4 Å². The van der Waals surface area contributed by atoms with Gasteiger partial charge in [-0.25, -0.2) is 9.18 Å². The summed E-state index contributed by atoms with van der Waals surface area (Å²) in [6.07, 6.45) is 1.18. The van der Waals surface area contributed by atoms with Gasteiger partial charge in [-0.3, -0.25) is 9.59 Å². The second-order valence-corrected chi connectivity index (χ2v) is 4.99. The van der Waals surface area contributed by atoms with Crippen LogP contribution in [0.5, 0.6) is 0 Å². The van der Waals surface area contributed by atoms with E-state index in [-0.39, 0.29) is 29.3 Å². The van der Waals surface area contributed by atoms with Crippen LogP contribution in [0.4, 0.5) is 4.39 Å². The van der Waals surface area contributed by atoms with Crippen LogP contribution >= 0.6 is 0 Å². The van der Waals surface area contributed by atoms with Crippen molar-refractivity contribution >= 4 is 17.5 Å². The van der Waals surface area contributed by atoms with Gasteiger partial charge in [-0.05, 0) is 30.3 Å². The van der Waals surface area contributed by atoms with Crippen LogP contribution in [0.3, 0.4) is 0 Å². The van der Waals surface area contributed by atoms with Gasteiger partial charge in [0, 0.05) is 16.7 Å². The average Bonchev–Trinajstić information content (AvgIpc) is 2.57. The molecule has 0 radical (unpaired) electrons. The quantitative estimate of drug-likeness (QED) is 0.818. The van der Waals surface area contributed by atoms with Crippen LogP contribution in [0.15, 0.2) is 60.2 Å². The molecule has 1 aliphatic carbocycles. The van der Waals surface area contributed by atoms with Crippen LogP contribution < -0.4 is 0 Å². The third-order valence-corrected chi connectivity index (χ3v) is 3.47. The van der Waals surface area contributed by atoms with Gasteiger partial charge in [0.05, 0.1) is 5.56 Å². The molecule has 1 aliphatic rings. The summed E-state index contributed by atoms with van der Waals surface area (Å²) in [5.41, 5.74) is 0.921. The second kappa shape index (κ2) is 5.96. The van der Waals surface area contributed by atoms with Crippen LogP contribution in [-0.4, -0.2) is 24.1 Å². The van der Waals surface area contributed by atoms with Crippen molar-refractivity contribution in [2.45, 2.75) is 0 Å². The van der Waals surface area contributed by atoms with Crippen LogP contribution in [0, 0.1) is 5.82 Å². The van der Waals surface area contributed by atoms with Crippen molar-refractivity contribution in [2.75, 3.05) is 6.61 Å². The van der Waals surface area contributed by atoms with Crippen LogP contribution in [0.25, 0.3) is 0 Å². The zero-order chi connectivity index (χ0) is 16.4. The number of ether oxygens (including phenoxy) is 1. The lowest BCUT2D eigenvalue weighted by atomic mass is 9.90. The van der Waals surface area contributed by atoms with Gasteiger partial charge in [0.15, 0.2) is 11.6 Å². The Morgan fingerprint density at radius 3 is 2.30 bits per heavy atom. The first-order chi connectivity index (χ1) is 11.1. The number of ketones is 2. The highest BCUT2D eigenvalue weighted by atomic mass is 19.1. The number of hydrogen-bond acceptors (Lipinski definition) is 4. The van der Waals surface area contributed by atoms with Crippen LogP contribution in [-0.2, 0) is 4.74 Å². The average molecular weight is 310 g/mol. The molecule has 0 aromatic heterocycles. The van der Waals surface area contributed by atoms with Crippen molar-refractivity contribution in [3.63, 3.8) is 0 Å². The molecule has 2 aromatic carbocycles. The molecule has 0 bridgehead atoms. The van der Waals surface area contributed by atoms with E-state index in [4.69, 9.17) is 4.74 Å². The first kappa shape index (κ1) is 14.8. The Bertz CT molecular complexity index is 834. The maximum atomic E-state index is 12.8. The second-order valence-electron chi connectivity index (χ2n) is 4.99. The minimum Gasteiger partial charge on any atom is -0.457 e. The van der Waals surface area contributed by atoms with E-state index in [0.717, 1.165) is 12.1 Å². The molecular formula is C18H11FO4. The fourth-order valence-electron chi connectivity index (χ4n) is 2.29. The van der Waals surface area contributed by atoms with Crippen LogP contribution in [0.2, 0.25) is 0 Å². The molecule has 0 N–H and O–H groups in total. The molecule has 23 heavy (non-hydrogen) atoms. The zero-order valence-electron chi connectivity index (χ0n) is 11.9. The van der Waals surface area contributed by atoms with Gasteiger partial charge in [-0.15, -0.1) is 0 Å². The van der Waals surface area contributed by atoms with Crippen molar-refractivity contribution in [3.05, 3.63) is 82.7 Å². The number of rotatable bonds is 3. The summed E-state index contributed by atoms with van der Waals surface area (Å²) in [5, 5.41) is 0. The smallest absolute Gasteiger partial charge is 0.338 e. The third kappa shape index (κ3) is 2.94. The molecule has 114 valence electrons. The summed E-state index contributed by atoms with van der Waals surface area (Å²) in [6, 6.07) is 11.3. The molecule has 0 saturated heterocycles. The summed E-state index contributed by atoms with van der Waals surface area (Å²) in [6.45, 7) is -0.310. The van der Waals surface area contributed by atoms with E-state index < -0.39 is 11.8 Å². The predicted octanol–water partition coefficient (Wildman–Crippen LogP) is 2.99. The molecule has 0 heterocycles. The largest absolute Gasteiger partial charge is 0.457 e. The Hall–Kier alpha value is -3.08. The summed E-state index contributed by atoms with van der Waals surface area (Å²) < 4.78 is 17.9. The van der Waals surface area contributed by atoms with Crippen molar-refractivity contribution in [1.29, 1.82) is 0 Å². The zero-order valence-corrected chi connectivity index (χ0v) is 11.9. The number of allylic oxidation sites excluding steroid dienone is 1. The first-order valence-corrected chi connectivity index (χ1v) is 6.87. The molecule has 5 heteroatoms. The van der Waals surface area contributed by atoms with Crippen molar-refractivity contribution in [3.8, 4) is 0 Å². The summed E-state index contributed by atoms with van der Waals surface area (Å²) in [4.78, 5) is 36.1. The van der Waals surface area contributed by atoms with Crippen molar-refractivity contribution in [1.82, 2.24) is 0 Å². The molecular weight excluding hydrogens is 299 g/mol. The Labute approximate surface area is 131 Å². The predicted molar refractivity (Wildman–Crippen MR) is 79.9 cm³/mol. The highest BCUT2D eigenvalue weighted by Gasteiger charge is 2.25. The number of carbonyl (C=O) groups excluding carboxylic acids is 3. The molecule has 0 unspecified atom stereocenters. The number of hydrogen-bond donors (Lipinski definition) is 0. The number of benzene rings is 2. The molecule has 0 saturated carbocycles. The molecule has 0 fully saturated rings. The maximum Gasteiger partial charge on any atom is 0.338 e. The molecule has 0 aliphatic heterocycles. The lowest BCUT2D eigenvalue weighted by Gasteiger charge is -2.14. The monoisotopic (exact) mass is 310 g/mol. The fraction of sp³-hybridized carbons (Fsp3) is 0.0556. The van der Waals surface area contributed by atoms with E-state index in [1.807, 2.05) is 0 Å². The highest BCUT2D eigenvalue weighted by molar-refractivity contribution is 6.24. The summed E-state index contributed by atoms with van der Waals surface area (Å²) in [7, 11) is 0. The first-order valence-electron chi connectivity index (χ1n) is 6.87. The Morgan fingerprint density at radius 2 is 1.61 bits per heavy atom. The van der Waals surface area contributed by atoms with Gasteiger partial charge >= 0.3 is 5.97 Å². The normalized spacial score (nSPS) is 13.3. The molecule has 4 nitrogen and oxygen atoms in total. The van der Waals surface area contributed by atoms with Crippen molar-refractivity contribution < 1.29 is 23.5 Å². The molecule has 0 spiro atoms. The Kier molecular flexibility index (Phi) is 3.85. The molecule has 3 rings (SSSR count). The minimum absolute atomic E-state index is 0.115. The van der Waals surface area contributed by atoms with Crippen LogP contribution in [0.1, 0.15) is 31.1 Å². The van der Waals surface area contributed by atoms with E-state index >= 15 is 0 Å². The Morgan fingerprint density at radius 1 is 0.957 bits per heavy atom. The highest BCUT2D eigenvalue weighted by Crippen LogP contribution is 2.21. The maximum absolute atomic E-state index is 12.8. The van der Waals surface area contributed by atoms with Gasteiger partial charge in [-0.1, -0.05) is 24.3 Å². The van der Waals surface area contributed by atoms with E-state index in [9.17, 15) is 18.8 Å². The number of esters is 1. The number of carbonyl (C=O) groups is 3. The minimum atomic E-state index is -0.690. The molecule has 2 aromatic rings. The summed E-state index contributed by atoms with van der Waals surface area (Å²) in [5.74, 6) is -1.79. The topological polar surface area (TPSA) is 60.4 Å². The SMILES string of the molecule is O=C(OCC1=CC(=O)c2ccccc2C1=O)c1ccc(F)cc1. The lowest BCUT2D eigenvalue weighted by Crippen LogP contribution is -2.21. The van der Waals surface area contributed by atoms with Crippen molar-refractivity contribution in [2.24, 2.45) is 0 Å². The molecule has 0 amide bonds. The standard InChI is InChI=1S/C18H11FO4/c19-13-7-5-11(6-8-13)18(22)23-10-12-9-16(20)14-3-1-2-4-15(14)17(12)21/h1-9H,10H2. The summed E-state index contributed by atoms with van der Waals surface area (Å²) >= 11 is 0. The lowest BCUT2D eigenvalue weighted by molar-refractivity contribution is 0.0535. The number of fused-ring (bicyclic) bond motifs is 1. The van der Waals surface area contributed by atoms with E-state index in [2.05, 4.69) is 0 Å². The van der Waals surface area contributed by atoms with Gasteiger partial charge < -0.3 is 4.74 Å². The van der Waals surface area contributed by atoms with Gasteiger partial charge in [0.2, 0.25) is 0 Å². The van der Waals surface area contributed by atoms with Gasteiger partial charge in [-0.2, -0.15) is 0 Å². The number of halogens is 1. The van der Waals surface area contributed by atoms with E-state index in [0.29, 0.717) is 11.1 Å². The third-order valence-electron chi connectivity index (χ3n) is 3.47. The van der Waals surface area contributed by atoms with E-state index in [1.54, 1.807) is 24.3 Å². The fourth-order valence-corrected chi connectivity index (χ4v) is 2.29. The van der Waals surface area contributed by atoms with Gasteiger partial charge in [0.25, 0.3) is 0 Å². The molecule has 0 atom stereocenters.